The minimum atomic E-state index is -3.81. The molecule has 0 saturated carbocycles. The maximum absolute atomic E-state index is 7.56. The van der Waals surface area contributed by atoms with Gasteiger partial charge in [0.15, 0.2) is 0 Å². The second kappa shape index (κ2) is 17.8. The molecule has 0 amide bonds. The summed E-state index contributed by atoms with van der Waals surface area (Å²) in [6, 6.07) is 0. The van der Waals surface area contributed by atoms with Gasteiger partial charge in [-0.25, -0.2) is 0 Å². The van der Waals surface area contributed by atoms with Gasteiger partial charge in [0.25, 0.3) is 0 Å². The number of unbranched alkanes of at least 4 members (excludes halogenated alkanes) is 5. The molecule has 11 heteroatoms. The molecule has 120 valence electrons. The molecule has 0 bridgehead atoms. The summed E-state index contributed by atoms with van der Waals surface area (Å²) < 4.78 is 0. The van der Waals surface area contributed by atoms with Gasteiger partial charge in [-0.1, -0.05) is 39.0 Å². The van der Waals surface area contributed by atoms with Crippen LogP contribution in [0, 0.1) is 6.92 Å². The van der Waals surface area contributed by atoms with Crippen molar-refractivity contribution < 1.29 is 50.4 Å². The van der Waals surface area contributed by atoms with Crippen molar-refractivity contribution in [3.8, 4) is 0 Å². The van der Waals surface area contributed by atoms with E-state index in [1.54, 1.807) is 0 Å². The van der Waals surface area contributed by atoms with Gasteiger partial charge in [0.1, 0.15) is 0 Å². The van der Waals surface area contributed by atoms with E-state index in [1.165, 1.54) is 32.1 Å². The standard InChI is InChI=1S/C8H17.Mo.2H3O3PS/c1-3-5-7-8-6-4-2;;2*1-4(2,3)5/h1,3-8H2,2H3;;2*(H3,1,2,3,5)/q-1;;;. The van der Waals surface area contributed by atoms with Gasteiger partial charge in [-0.2, -0.15) is 6.42 Å². The van der Waals surface area contributed by atoms with Crippen LogP contribution in [-0.4, -0.2) is 29.4 Å². The van der Waals surface area contributed by atoms with Crippen molar-refractivity contribution in [2.45, 2.75) is 45.4 Å². The first-order valence-electron chi connectivity index (χ1n) is 5.27. The Labute approximate surface area is 139 Å². The summed E-state index contributed by atoms with van der Waals surface area (Å²) in [6.45, 7) is -1.59. The third-order valence-electron chi connectivity index (χ3n) is 1.35. The molecule has 0 spiro atoms. The van der Waals surface area contributed by atoms with Crippen LogP contribution in [0.2, 0.25) is 0 Å². The zero-order chi connectivity index (χ0) is 15.2. The Kier molecular flexibility index (Phi) is 27.0. The average Bonchev–Trinajstić information content (AvgIpc) is 2.07. The van der Waals surface area contributed by atoms with Crippen LogP contribution in [0.5, 0.6) is 0 Å². The van der Waals surface area contributed by atoms with Gasteiger partial charge < -0.3 is 36.3 Å². The predicted molar refractivity (Wildman–Crippen MR) is 80.6 cm³/mol. The van der Waals surface area contributed by atoms with Gasteiger partial charge in [-0.15, -0.1) is 0 Å². The first-order chi connectivity index (χ1) is 7.91. The molecular formula is C8H23MoO6P2S2-. The van der Waals surface area contributed by atoms with E-state index in [-0.39, 0.29) is 21.1 Å². The Morgan fingerprint density at radius 2 is 1.05 bits per heavy atom. The SMILES string of the molecule is OP(O)(O)=S.OP(O)(O)=S.[CH2-]CCCCCCC.[Mo]. The van der Waals surface area contributed by atoms with E-state index in [0.29, 0.717) is 0 Å². The fraction of sp³-hybridized carbons (Fsp3) is 0.875. The smallest absolute Gasteiger partial charge is 0.319 e. The normalized spacial score (nSPS) is 10.3. The molecule has 0 aliphatic rings. The van der Waals surface area contributed by atoms with E-state index >= 15 is 0 Å². The van der Waals surface area contributed by atoms with Crippen LogP contribution in [0.1, 0.15) is 45.4 Å². The van der Waals surface area contributed by atoms with Crippen LogP contribution in [0.3, 0.4) is 0 Å². The van der Waals surface area contributed by atoms with Crippen LogP contribution >= 0.6 is 13.4 Å². The van der Waals surface area contributed by atoms with E-state index < -0.39 is 13.4 Å². The average molecular weight is 437 g/mol. The molecular weight excluding hydrogens is 414 g/mol. The molecule has 0 aliphatic carbocycles. The van der Waals surface area contributed by atoms with Crippen LogP contribution in [-0.2, 0) is 44.7 Å². The second-order valence-corrected chi connectivity index (χ2v) is 8.29. The van der Waals surface area contributed by atoms with E-state index in [1.807, 2.05) is 0 Å². The Morgan fingerprint density at radius 3 is 1.26 bits per heavy atom. The summed E-state index contributed by atoms with van der Waals surface area (Å²) in [4.78, 5) is 45.3. The van der Waals surface area contributed by atoms with Crippen molar-refractivity contribution in [2.75, 3.05) is 0 Å². The van der Waals surface area contributed by atoms with Gasteiger partial charge in [0, 0.05) is 21.1 Å². The molecule has 0 radical (unpaired) electrons. The Balaban J connectivity index is -0.0000000906. The molecule has 6 N–H and O–H groups in total. The minimum absolute atomic E-state index is 0. The molecule has 0 fully saturated rings. The van der Waals surface area contributed by atoms with E-state index in [2.05, 4.69) is 37.5 Å². The van der Waals surface area contributed by atoms with Gasteiger partial charge >= 0.3 is 13.4 Å². The molecule has 6 nitrogen and oxygen atoms in total. The third-order valence-corrected chi connectivity index (χ3v) is 1.35. The minimum Gasteiger partial charge on any atom is -0.343 e. The van der Waals surface area contributed by atoms with Gasteiger partial charge in [0.2, 0.25) is 0 Å². The van der Waals surface area contributed by atoms with Crippen LogP contribution in [0.25, 0.3) is 0 Å². The van der Waals surface area contributed by atoms with Gasteiger partial charge in [0.05, 0.1) is 0 Å². The first-order valence-corrected chi connectivity index (χ1v) is 10.6. The van der Waals surface area contributed by atoms with Crippen molar-refractivity contribution in [1.82, 2.24) is 0 Å². The van der Waals surface area contributed by atoms with Gasteiger partial charge in [-0.3, -0.25) is 0 Å². The Hall–Kier alpha value is 1.75. The molecule has 0 unspecified atom stereocenters. The summed E-state index contributed by atoms with van der Waals surface area (Å²) in [5.41, 5.74) is 0. The molecule has 0 saturated heterocycles. The van der Waals surface area contributed by atoms with Crippen LogP contribution < -0.4 is 0 Å². The summed E-state index contributed by atoms with van der Waals surface area (Å²) in [5.74, 6) is 0. The molecule has 0 heterocycles. The van der Waals surface area contributed by atoms with Crippen molar-refractivity contribution in [2.24, 2.45) is 0 Å². The molecule has 0 aliphatic heterocycles. The zero-order valence-electron chi connectivity index (χ0n) is 10.8. The third kappa shape index (κ3) is 137. The molecule has 0 aromatic carbocycles. The summed E-state index contributed by atoms with van der Waals surface area (Å²) in [5, 5.41) is 0. The van der Waals surface area contributed by atoms with E-state index in [0.717, 1.165) is 6.42 Å². The maximum Gasteiger partial charge on any atom is 0.319 e. The molecule has 19 heavy (non-hydrogen) atoms. The van der Waals surface area contributed by atoms with Crippen molar-refractivity contribution in [3.05, 3.63) is 6.92 Å². The van der Waals surface area contributed by atoms with Crippen LogP contribution in [0.4, 0.5) is 0 Å². The maximum atomic E-state index is 7.56. The van der Waals surface area contributed by atoms with Crippen molar-refractivity contribution in [1.29, 1.82) is 0 Å². The number of hydrogen-bond acceptors (Lipinski definition) is 2. The monoisotopic (exact) mass is 439 g/mol. The van der Waals surface area contributed by atoms with E-state index in [9.17, 15) is 0 Å². The fourth-order valence-corrected chi connectivity index (χ4v) is 0.780. The van der Waals surface area contributed by atoms with Gasteiger partial charge in [-0.05, 0) is 23.6 Å². The number of rotatable bonds is 5. The summed E-state index contributed by atoms with van der Waals surface area (Å²) in [7, 11) is 0. The quantitative estimate of drug-likeness (QED) is 0.166. The molecule has 0 atom stereocenters. The predicted octanol–water partition coefficient (Wildman–Crippen LogP) is 1.55. The molecule has 0 aromatic rings. The largest absolute Gasteiger partial charge is 0.343 e. The Bertz CT molecular complexity index is 215. The van der Waals surface area contributed by atoms with Crippen molar-refractivity contribution in [3.63, 3.8) is 0 Å². The van der Waals surface area contributed by atoms with E-state index in [4.69, 9.17) is 29.4 Å². The first kappa shape index (κ1) is 28.8. The molecule has 0 rings (SSSR count). The zero-order valence-corrected chi connectivity index (χ0v) is 16.2. The number of hydrogen-bond donors (Lipinski definition) is 6. The fourth-order valence-electron chi connectivity index (χ4n) is 0.780. The summed E-state index contributed by atoms with van der Waals surface area (Å²) in [6.07, 6.45) is 7.98. The molecule has 0 aromatic heterocycles. The van der Waals surface area contributed by atoms with Crippen molar-refractivity contribution >= 4 is 37.1 Å². The van der Waals surface area contributed by atoms with Crippen LogP contribution in [0.15, 0.2) is 0 Å². The topological polar surface area (TPSA) is 121 Å². The Morgan fingerprint density at radius 1 is 0.789 bits per heavy atom. The second-order valence-electron chi connectivity index (χ2n) is 3.29. The summed E-state index contributed by atoms with van der Waals surface area (Å²) >= 11 is 7.21.